The summed E-state index contributed by atoms with van der Waals surface area (Å²) in [5.41, 5.74) is 3.53. The molecule has 1 atom stereocenters. The van der Waals surface area contributed by atoms with E-state index in [0.29, 0.717) is 11.5 Å². The normalized spacial score (nSPS) is 17.4. The smallest absolute Gasteiger partial charge is 0.262 e. The number of para-hydroxylation sites is 1. The molecule has 0 unspecified atom stereocenters. The zero-order valence-electron chi connectivity index (χ0n) is 18.7. The molecule has 4 aromatic rings. The lowest BCUT2D eigenvalue weighted by Gasteiger charge is -2.33. The Kier molecular flexibility index (Phi) is 5.71. The van der Waals surface area contributed by atoms with Crippen LogP contribution in [0.25, 0.3) is 21.1 Å². The maximum atomic E-state index is 13.0. The van der Waals surface area contributed by atoms with Crippen LogP contribution in [0.5, 0.6) is 0 Å². The van der Waals surface area contributed by atoms with Crippen LogP contribution in [0.2, 0.25) is 0 Å². The molecule has 1 amide bonds. The molecule has 1 fully saturated rings. The summed E-state index contributed by atoms with van der Waals surface area (Å²) in [6.45, 7) is 7.06. The van der Waals surface area contributed by atoms with Crippen molar-refractivity contribution in [3.8, 4) is 0 Å². The summed E-state index contributed by atoms with van der Waals surface area (Å²) < 4.78 is 8.43. The van der Waals surface area contributed by atoms with Crippen LogP contribution in [0.4, 0.5) is 0 Å². The Hall–Kier alpha value is -2.74. The summed E-state index contributed by atoms with van der Waals surface area (Å²) in [6, 6.07) is 12.6. The summed E-state index contributed by atoms with van der Waals surface area (Å²) >= 11 is 1.45. The van der Waals surface area contributed by atoms with Gasteiger partial charge in [0, 0.05) is 67.0 Å². The van der Waals surface area contributed by atoms with Gasteiger partial charge < -0.3 is 14.6 Å². The molecule has 1 aliphatic rings. The van der Waals surface area contributed by atoms with Gasteiger partial charge in [0.15, 0.2) is 0 Å². The lowest BCUT2D eigenvalue weighted by molar-refractivity contribution is -0.0322. The van der Waals surface area contributed by atoms with Crippen molar-refractivity contribution in [1.82, 2.24) is 19.8 Å². The van der Waals surface area contributed by atoms with Crippen molar-refractivity contribution < 1.29 is 9.53 Å². The van der Waals surface area contributed by atoms with E-state index in [1.54, 1.807) is 6.20 Å². The van der Waals surface area contributed by atoms with Crippen LogP contribution >= 0.6 is 11.3 Å². The van der Waals surface area contributed by atoms with Gasteiger partial charge in [0.05, 0.1) is 12.7 Å². The number of rotatable bonds is 5. The molecule has 0 spiro atoms. The molecule has 32 heavy (non-hydrogen) atoms. The number of hydrogen-bond acceptors (Lipinski definition) is 5. The highest BCUT2D eigenvalue weighted by molar-refractivity contribution is 7.20. The minimum absolute atomic E-state index is 0.0484. The van der Waals surface area contributed by atoms with Gasteiger partial charge in [-0.05, 0) is 31.5 Å². The molecule has 1 aromatic carbocycles. The lowest BCUT2D eigenvalue weighted by Crippen LogP contribution is -2.38. The molecule has 3 aromatic heterocycles. The zero-order valence-corrected chi connectivity index (χ0v) is 19.5. The van der Waals surface area contributed by atoms with E-state index in [0.717, 1.165) is 35.4 Å². The summed E-state index contributed by atoms with van der Waals surface area (Å²) in [6.07, 6.45) is 3.84. The van der Waals surface area contributed by atoms with Gasteiger partial charge in [0.25, 0.3) is 5.91 Å². The number of aryl methyl sites for hydroxylation is 1. The molecule has 0 saturated carbocycles. The first kappa shape index (κ1) is 21.1. The molecule has 166 valence electrons. The molecule has 7 heteroatoms. The predicted molar refractivity (Wildman–Crippen MR) is 129 cm³/mol. The van der Waals surface area contributed by atoms with Gasteiger partial charge in [-0.1, -0.05) is 24.3 Å². The Labute approximate surface area is 191 Å². The van der Waals surface area contributed by atoms with Crippen molar-refractivity contribution in [1.29, 1.82) is 0 Å². The van der Waals surface area contributed by atoms with Gasteiger partial charge in [0.2, 0.25) is 0 Å². The van der Waals surface area contributed by atoms with Crippen molar-refractivity contribution in [2.75, 3.05) is 19.7 Å². The largest absolute Gasteiger partial charge is 0.371 e. The number of thiophene rings is 1. The second-order valence-electron chi connectivity index (χ2n) is 8.71. The first-order chi connectivity index (χ1) is 15.5. The van der Waals surface area contributed by atoms with Gasteiger partial charge in [-0.2, -0.15) is 0 Å². The molecular formula is C25H28N4O2S. The number of nitrogens with zero attached hydrogens (tertiary/aromatic N) is 3. The van der Waals surface area contributed by atoms with Crippen LogP contribution in [0.15, 0.2) is 48.8 Å². The molecule has 0 bridgehead atoms. The van der Waals surface area contributed by atoms with Crippen LogP contribution in [0.3, 0.4) is 0 Å². The molecule has 1 N–H and O–H groups in total. The number of aromatic nitrogens is 2. The Morgan fingerprint density at radius 3 is 2.91 bits per heavy atom. The van der Waals surface area contributed by atoms with Crippen LogP contribution in [-0.4, -0.2) is 46.1 Å². The van der Waals surface area contributed by atoms with E-state index in [9.17, 15) is 4.79 Å². The lowest BCUT2D eigenvalue weighted by atomic mass is 10.0. The number of morpholine rings is 1. The van der Waals surface area contributed by atoms with Gasteiger partial charge in [-0.15, -0.1) is 11.3 Å². The van der Waals surface area contributed by atoms with Crippen molar-refractivity contribution >= 4 is 38.4 Å². The molecule has 5 rings (SSSR count). The zero-order chi connectivity index (χ0) is 22.2. The highest BCUT2D eigenvalue weighted by Crippen LogP contribution is 2.37. The van der Waals surface area contributed by atoms with E-state index in [1.807, 2.05) is 26.0 Å². The van der Waals surface area contributed by atoms with E-state index in [4.69, 9.17) is 4.74 Å². The fourth-order valence-electron chi connectivity index (χ4n) is 4.58. The van der Waals surface area contributed by atoms with Crippen molar-refractivity contribution in [2.45, 2.75) is 32.5 Å². The number of carbonyl (C=O) groups excluding carboxylic acids is 1. The third-order valence-corrected chi connectivity index (χ3v) is 7.10. The molecular weight excluding hydrogens is 420 g/mol. The average molecular weight is 449 g/mol. The Morgan fingerprint density at radius 2 is 2.06 bits per heavy atom. The maximum absolute atomic E-state index is 13.0. The second-order valence-corrected chi connectivity index (χ2v) is 9.71. The Bertz CT molecular complexity index is 1280. The van der Waals surface area contributed by atoms with Crippen molar-refractivity contribution in [3.05, 3.63) is 64.8 Å². The fraction of sp³-hybridized carbons (Fsp3) is 0.360. The molecule has 4 heterocycles. The Morgan fingerprint density at radius 1 is 1.25 bits per heavy atom. The second kappa shape index (κ2) is 8.65. The monoisotopic (exact) mass is 448 g/mol. The van der Waals surface area contributed by atoms with Crippen LogP contribution in [-0.2, 0) is 18.3 Å². The summed E-state index contributed by atoms with van der Waals surface area (Å²) in [4.78, 5) is 21.5. The average Bonchev–Trinajstić information content (AvgIpc) is 3.32. The van der Waals surface area contributed by atoms with E-state index in [2.05, 4.69) is 57.3 Å². The first-order valence-corrected chi connectivity index (χ1v) is 11.9. The number of hydrogen-bond donors (Lipinski definition) is 1. The van der Waals surface area contributed by atoms with Crippen molar-refractivity contribution in [3.63, 3.8) is 0 Å². The highest BCUT2D eigenvalue weighted by atomic mass is 32.1. The number of nitrogens with one attached hydrogen (secondary N) is 1. The number of pyridine rings is 1. The quantitative estimate of drug-likeness (QED) is 0.488. The number of ether oxygens (including phenoxy) is 1. The minimum Gasteiger partial charge on any atom is -0.371 e. The maximum Gasteiger partial charge on any atom is 0.262 e. The van der Waals surface area contributed by atoms with E-state index in [1.165, 1.54) is 27.8 Å². The number of amides is 1. The molecule has 1 aliphatic heterocycles. The van der Waals surface area contributed by atoms with Crippen molar-refractivity contribution in [2.24, 2.45) is 7.05 Å². The van der Waals surface area contributed by atoms with Crippen LogP contribution in [0.1, 0.15) is 40.8 Å². The molecule has 0 radical (unpaired) electrons. The van der Waals surface area contributed by atoms with E-state index < -0.39 is 0 Å². The highest BCUT2D eigenvalue weighted by Gasteiger charge is 2.30. The van der Waals surface area contributed by atoms with E-state index in [-0.39, 0.29) is 18.1 Å². The first-order valence-electron chi connectivity index (χ1n) is 11.1. The van der Waals surface area contributed by atoms with Gasteiger partial charge in [0.1, 0.15) is 9.71 Å². The van der Waals surface area contributed by atoms with Gasteiger partial charge >= 0.3 is 0 Å². The van der Waals surface area contributed by atoms with Crippen LogP contribution < -0.4 is 5.32 Å². The summed E-state index contributed by atoms with van der Waals surface area (Å²) in [7, 11) is 2.10. The fourth-order valence-corrected chi connectivity index (χ4v) is 5.68. The van der Waals surface area contributed by atoms with E-state index >= 15 is 0 Å². The van der Waals surface area contributed by atoms with Gasteiger partial charge in [-0.3, -0.25) is 9.69 Å². The standard InChI is InChI=1S/C25H28N4O2S/c1-16(2)27-24(30)23-22(19-8-6-10-26-25(19)32-23)21-15-29(11-12-31-21)14-17-13-28(3)20-9-5-4-7-18(17)20/h4-10,13,16,21H,11-12,14-15H2,1-3H3,(H,27,30)/t21-/m1/s1. The number of carbonyl (C=O) groups is 1. The SMILES string of the molecule is CC(C)NC(=O)c1sc2ncccc2c1[C@H]1CN(Cc2cn(C)c3ccccc23)CCO1. The minimum atomic E-state index is -0.162. The molecule has 6 nitrogen and oxygen atoms in total. The van der Waals surface area contributed by atoms with Gasteiger partial charge in [-0.25, -0.2) is 4.98 Å². The predicted octanol–water partition coefficient (Wildman–Crippen LogP) is 4.50. The summed E-state index contributed by atoms with van der Waals surface area (Å²) in [5.74, 6) is -0.0484. The summed E-state index contributed by atoms with van der Waals surface area (Å²) in [5, 5.41) is 5.35. The Balaban J connectivity index is 1.46. The third-order valence-electron chi connectivity index (χ3n) is 5.98. The van der Waals surface area contributed by atoms with Crippen LogP contribution in [0, 0.1) is 0 Å². The number of benzene rings is 1. The third kappa shape index (κ3) is 3.92. The topological polar surface area (TPSA) is 59.4 Å². The number of fused-ring (bicyclic) bond motifs is 2. The molecule has 0 aliphatic carbocycles. The molecule has 1 saturated heterocycles.